The number of aliphatic carboxylic acids is 1. The van der Waals surface area contributed by atoms with Crippen LogP contribution in [0.2, 0.25) is 0 Å². The van der Waals surface area contributed by atoms with E-state index in [1.165, 1.54) is 20.3 Å². The van der Waals surface area contributed by atoms with Crippen LogP contribution in [0.4, 0.5) is 0 Å². The van der Waals surface area contributed by atoms with Crippen molar-refractivity contribution in [2.75, 3.05) is 14.2 Å². The zero-order valence-corrected chi connectivity index (χ0v) is 12.3. The Labute approximate surface area is 123 Å². The Morgan fingerprint density at radius 1 is 1.29 bits per heavy atom. The van der Waals surface area contributed by atoms with Crippen LogP contribution in [0.25, 0.3) is 0 Å². The van der Waals surface area contributed by atoms with Gasteiger partial charge >= 0.3 is 5.97 Å². The molecule has 1 rings (SSSR count). The van der Waals surface area contributed by atoms with E-state index in [-0.39, 0.29) is 6.42 Å². The minimum atomic E-state index is -1.08. The van der Waals surface area contributed by atoms with Gasteiger partial charge in [-0.05, 0) is 31.5 Å². The smallest absolute Gasteiger partial charge is 0.326 e. The number of carbonyl (C=O) groups is 2. The Morgan fingerprint density at radius 3 is 2.48 bits per heavy atom. The highest BCUT2D eigenvalue weighted by molar-refractivity contribution is 5.97. The first-order valence-electron chi connectivity index (χ1n) is 6.40. The Bertz CT molecular complexity index is 539. The summed E-state index contributed by atoms with van der Waals surface area (Å²) in [7, 11) is 2.96. The van der Waals surface area contributed by atoms with Gasteiger partial charge in [0.1, 0.15) is 6.04 Å². The van der Waals surface area contributed by atoms with Crippen molar-refractivity contribution in [3.05, 3.63) is 35.9 Å². The molecule has 6 heteroatoms. The molecule has 21 heavy (non-hydrogen) atoms. The molecule has 1 atom stereocenters. The zero-order chi connectivity index (χ0) is 15.8. The molecule has 0 bridgehead atoms. The van der Waals surface area contributed by atoms with Crippen LogP contribution < -0.4 is 14.8 Å². The minimum absolute atomic E-state index is 0.227. The quantitative estimate of drug-likeness (QED) is 0.749. The van der Waals surface area contributed by atoms with Gasteiger partial charge in [-0.1, -0.05) is 12.2 Å². The van der Waals surface area contributed by atoms with Gasteiger partial charge in [-0.2, -0.15) is 0 Å². The molecule has 6 nitrogen and oxygen atoms in total. The van der Waals surface area contributed by atoms with Crippen LogP contribution in [0.5, 0.6) is 11.5 Å². The van der Waals surface area contributed by atoms with Crippen molar-refractivity contribution in [1.29, 1.82) is 0 Å². The van der Waals surface area contributed by atoms with Crippen molar-refractivity contribution in [1.82, 2.24) is 5.32 Å². The Kier molecular flexibility index (Phi) is 6.26. The summed E-state index contributed by atoms with van der Waals surface area (Å²) in [6.45, 7) is 1.79. The number of carboxylic acids is 1. The van der Waals surface area contributed by atoms with E-state index in [4.69, 9.17) is 14.6 Å². The summed E-state index contributed by atoms with van der Waals surface area (Å²) in [6, 6.07) is 3.67. The highest BCUT2D eigenvalue weighted by atomic mass is 16.5. The fraction of sp³-hybridized carbons (Fsp3) is 0.333. The van der Waals surface area contributed by atoms with Crippen LogP contribution in [-0.4, -0.2) is 37.2 Å². The zero-order valence-electron chi connectivity index (χ0n) is 12.3. The molecule has 114 valence electrons. The van der Waals surface area contributed by atoms with Gasteiger partial charge in [0.2, 0.25) is 0 Å². The number of amides is 1. The number of rotatable bonds is 7. The molecule has 2 N–H and O–H groups in total. The average molecular weight is 293 g/mol. The maximum atomic E-state index is 12.1. The summed E-state index contributed by atoms with van der Waals surface area (Å²) in [5.41, 5.74) is 0.305. The highest BCUT2D eigenvalue weighted by Crippen LogP contribution is 2.27. The van der Waals surface area contributed by atoms with E-state index in [1.807, 2.05) is 0 Å². The standard InChI is InChI=1S/C15H19NO5/c1-4-5-6-11(15(18)19)16-14(17)10-7-8-12(20-2)13(9-10)21-3/h4-5,7-9,11H,6H2,1-3H3,(H,16,17)(H,18,19)/b5-4+. The molecule has 0 spiro atoms. The van der Waals surface area contributed by atoms with Gasteiger partial charge < -0.3 is 19.9 Å². The first-order valence-corrected chi connectivity index (χ1v) is 6.40. The average Bonchev–Trinajstić information content (AvgIpc) is 2.49. The fourth-order valence-electron chi connectivity index (χ4n) is 1.71. The lowest BCUT2D eigenvalue weighted by Crippen LogP contribution is -2.40. The Hall–Kier alpha value is -2.50. The van der Waals surface area contributed by atoms with Gasteiger partial charge in [0, 0.05) is 5.56 Å². The molecule has 0 radical (unpaired) electrons. The van der Waals surface area contributed by atoms with E-state index in [1.54, 1.807) is 31.2 Å². The monoisotopic (exact) mass is 293 g/mol. The van der Waals surface area contributed by atoms with Crippen molar-refractivity contribution in [2.24, 2.45) is 0 Å². The normalized spacial score (nSPS) is 12.0. The van der Waals surface area contributed by atoms with Crippen LogP contribution in [0, 0.1) is 0 Å². The fourth-order valence-corrected chi connectivity index (χ4v) is 1.71. The van der Waals surface area contributed by atoms with Gasteiger partial charge in [0.05, 0.1) is 14.2 Å². The molecule has 1 unspecified atom stereocenters. The predicted molar refractivity (Wildman–Crippen MR) is 77.9 cm³/mol. The lowest BCUT2D eigenvalue weighted by molar-refractivity contribution is -0.139. The molecule has 1 aromatic rings. The molecular formula is C15H19NO5. The van der Waals surface area contributed by atoms with E-state index in [0.29, 0.717) is 17.1 Å². The summed E-state index contributed by atoms with van der Waals surface area (Å²) < 4.78 is 10.2. The third kappa shape index (κ3) is 4.52. The molecule has 0 aliphatic rings. The van der Waals surface area contributed by atoms with E-state index >= 15 is 0 Å². The third-order valence-electron chi connectivity index (χ3n) is 2.86. The van der Waals surface area contributed by atoms with Crippen molar-refractivity contribution in [3.63, 3.8) is 0 Å². The van der Waals surface area contributed by atoms with Crippen molar-refractivity contribution >= 4 is 11.9 Å². The molecule has 1 amide bonds. The van der Waals surface area contributed by atoms with E-state index < -0.39 is 17.9 Å². The van der Waals surface area contributed by atoms with Crippen LogP contribution in [0.3, 0.4) is 0 Å². The lowest BCUT2D eigenvalue weighted by atomic mass is 10.1. The lowest BCUT2D eigenvalue weighted by Gasteiger charge is -2.14. The number of carbonyl (C=O) groups excluding carboxylic acids is 1. The van der Waals surface area contributed by atoms with Crippen molar-refractivity contribution < 1.29 is 24.2 Å². The summed E-state index contributed by atoms with van der Waals surface area (Å²) in [5.74, 6) is -0.655. The molecule has 0 heterocycles. The van der Waals surface area contributed by atoms with Crippen LogP contribution >= 0.6 is 0 Å². The summed E-state index contributed by atoms with van der Waals surface area (Å²) in [6.07, 6.45) is 3.65. The summed E-state index contributed by atoms with van der Waals surface area (Å²) in [4.78, 5) is 23.2. The number of carboxylic acid groups (broad SMARTS) is 1. The number of nitrogens with one attached hydrogen (secondary N) is 1. The van der Waals surface area contributed by atoms with Gasteiger partial charge in [-0.15, -0.1) is 0 Å². The Morgan fingerprint density at radius 2 is 1.95 bits per heavy atom. The van der Waals surface area contributed by atoms with Crippen LogP contribution in [0.15, 0.2) is 30.4 Å². The van der Waals surface area contributed by atoms with E-state index in [0.717, 1.165) is 0 Å². The van der Waals surface area contributed by atoms with Gasteiger partial charge in [0.15, 0.2) is 11.5 Å². The highest BCUT2D eigenvalue weighted by Gasteiger charge is 2.20. The van der Waals surface area contributed by atoms with Gasteiger partial charge in [0.25, 0.3) is 5.91 Å². The maximum Gasteiger partial charge on any atom is 0.326 e. The van der Waals surface area contributed by atoms with Crippen LogP contribution in [-0.2, 0) is 4.79 Å². The predicted octanol–water partition coefficient (Wildman–Crippen LogP) is 1.85. The molecule has 0 saturated heterocycles. The molecule has 0 aromatic heterocycles. The second-order valence-corrected chi connectivity index (χ2v) is 4.24. The maximum absolute atomic E-state index is 12.1. The number of hydrogen-bond donors (Lipinski definition) is 2. The number of methoxy groups -OCH3 is 2. The van der Waals surface area contributed by atoms with Gasteiger partial charge in [-0.3, -0.25) is 4.79 Å². The number of allylic oxidation sites excluding steroid dienone is 1. The molecule has 0 fully saturated rings. The molecular weight excluding hydrogens is 274 g/mol. The number of ether oxygens (including phenoxy) is 2. The number of benzene rings is 1. The summed E-state index contributed by atoms with van der Waals surface area (Å²) in [5, 5.41) is 11.6. The second kappa shape index (κ2) is 7.94. The van der Waals surface area contributed by atoms with Crippen molar-refractivity contribution in [3.8, 4) is 11.5 Å². The topological polar surface area (TPSA) is 84.9 Å². The molecule has 1 aromatic carbocycles. The first-order chi connectivity index (χ1) is 10.0. The largest absolute Gasteiger partial charge is 0.493 e. The minimum Gasteiger partial charge on any atom is -0.493 e. The molecule has 0 aliphatic carbocycles. The van der Waals surface area contributed by atoms with E-state index in [2.05, 4.69) is 5.32 Å². The van der Waals surface area contributed by atoms with E-state index in [9.17, 15) is 9.59 Å². The van der Waals surface area contributed by atoms with Crippen molar-refractivity contribution in [2.45, 2.75) is 19.4 Å². The second-order valence-electron chi connectivity index (χ2n) is 4.24. The van der Waals surface area contributed by atoms with Gasteiger partial charge in [-0.25, -0.2) is 4.79 Å². The van der Waals surface area contributed by atoms with Crippen LogP contribution in [0.1, 0.15) is 23.7 Å². The summed E-state index contributed by atoms with van der Waals surface area (Å²) >= 11 is 0. The molecule has 0 saturated carbocycles. The number of hydrogen-bond acceptors (Lipinski definition) is 4. The molecule has 0 aliphatic heterocycles. The first kappa shape index (κ1) is 16.6. The SMILES string of the molecule is C/C=C/CC(NC(=O)c1ccc(OC)c(OC)c1)C(=O)O. The third-order valence-corrected chi connectivity index (χ3v) is 2.86. The Balaban J connectivity index is 2.89.